The second kappa shape index (κ2) is 5.85. The molecule has 0 aliphatic rings. The van der Waals surface area contributed by atoms with Crippen LogP contribution in [0, 0.1) is 4.91 Å². The summed E-state index contributed by atoms with van der Waals surface area (Å²) in [5, 5.41) is 2.81. The number of hydrogen-bond acceptors (Lipinski definition) is 3. The lowest BCUT2D eigenvalue weighted by molar-refractivity contribution is 0.737. The second-order valence-electron chi connectivity index (χ2n) is 2.74. The number of hydrogen-bond donors (Lipinski definition) is 0. The number of nitrogens with zero attached hydrogens (tertiary/aromatic N) is 3. The molecule has 0 radical (unpaired) electrons. The van der Waals surface area contributed by atoms with Gasteiger partial charge >= 0.3 is 0 Å². The van der Waals surface area contributed by atoms with Gasteiger partial charge in [0.1, 0.15) is 12.4 Å². The Balaban J connectivity index is 2.57. The van der Waals surface area contributed by atoms with Crippen molar-refractivity contribution in [3.05, 3.63) is 47.4 Å². The zero-order chi connectivity index (χ0) is 10.2. The maximum absolute atomic E-state index is 10.1. The zero-order valence-corrected chi connectivity index (χ0v) is 8.13. The van der Waals surface area contributed by atoms with Gasteiger partial charge in [0.15, 0.2) is 0 Å². The third-order valence-electron chi connectivity index (χ3n) is 1.75. The van der Waals surface area contributed by atoms with Crippen LogP contribution < -0.4 is 0 Å². The van der Waals surface area contributed by atoms with Gasteiger partial charge in [0.25, 0.3) is 0 Å². The van der Waals surface area contributed by atoms with Crippen molar-refractivity contribution >= 4 is 0 Å². The molecule has 4 heteroatoms. The van der Waals surface area contributed by atoms with Crippen LogP contribution in [0.4, 0.5) is 0 Å². The smallest absolute Gasteiger partial charge is 0.139 e. The Labute approximate surface area is 82.9 Å². The summed E-state index contributed by atoms with van der Waals surface area (Å²) in [7, 11) is 0. The average molecular weight is 191 g/mol. The van der Waals surface area contributed by atoms with Gasteiger partial charge < -0.3 is 4.57 Å². The molecule has 0 aliphatic heterocycles. The molecule has 0 aliphatic carbocycles. The molecule has 4 nitrogen and oxygen atoms in total. The molecule has 1 aromatic heterocycles. The van der Waals surface area contributed by atoms with Gasteiger partial charge in [-0.25, -0.2) is 4.98 Å². The molecule has 14 heavy (non-hydrogen) atoms. The summed E-state index contributed by atoms with van der Waals surface area (Å²) >= 11 is 0. The molecule has 0 spiro atoms. The van der Waals surface area contributed by atoms with E-state index in [0.29, 0.717) is 5.82 Å². The molecule has 1 rings (SSSR count). The van der Waals surface area contributed by atoms with Crippen LogP contribution in [0.5, 0.6) is 0 Å². The first-order valence-corrected chi connectivity index (χ1v) is 4.45. The van der Waals surface area contributed by atoms with Crippen molar-refractivity contribution in [1.82, 2.24) is 9.55 Å². The fraction of sp³-hybridized carbons (Fsp3) is 0.300. The minimum absolute atomic E-state index is 0.129. The standard InChI is InChI=1S/C10H13N3O/c1-2-3-4-5-7-13-8-6-11-10(13)9-12-14/h2-6,8H,7,9H2,1H3. The molecule has 0 saturated heterocycles. The van der Waals surface area contributed by atoms with E-state index in [1.54, 1.807) is 6.20 Å². The number of aromatic nitrogens is 2. The normalized spacial score (nSPS) is 11.5. The fourth-order valence-corrected chi connectivity index (χ4v) is 1.08. The summed E-state index contributed by atoms with van der Waals surface area (Å²) in [6, 6.07) is 0. The van der Waals surface area contributed by atoms with Crippen molar-refractivity contribution in [3.63, 3.8) is 0 Å². The fourth-order valence-electron chi connectivity index (χ4n) is 1.08. The first-order valence-electron chi connectivity index (χ1n) is 4.45. The highest BCUT2D eigenvalue weighted by Crippen LogP contribution is 1.99. The van der Waals surface area contributed by atoms with Crippen LogP contribution in [0.2, 0.25) is 0 Å². The molecule has 0 bridgehead atoms. The lowest BCUT2D eigenvalue weighted by Crippen LogP contribution is -1.99. The van der Waals surface area contributed by atoms with E-state index in [9.17, 15) is 4.91 Å². The monoisotopic (exact) mass is 191 g/mol. The molecular weight excluding hydrogens is 178 g/mol. The Morgan fingerprint density at radius 1 is 1.57 bits per heavy atom. The van der Waals surface area contributed by atoms with Crippen molar-refractivity contribution in [1.29, 1.82) is 0 Å². The molecule has 0 aromatic carbocycles. The number of imidazole rings is 1. The summed E-state index contributed by atoms with van der Waals surface area (Å²) in [6.45, 7) is 2.81. The van der Waals surface area contributed by atoms with E-state index in [0.717, 1.165) is 6.54 Å². The summed E-state index contributed by atoms with van der Waals surface area (Å²) < 4.78 is 1.89. The average Bonchev–Trinajstić information content (AvgIpc) is 2.61. The summed E-state index contributed by atoms with van der Waals surface area (Å²) in [4.78, 5) is 14.1. The van der Waals surface area contributed by atoms with E-state index in [1.165, 1.54) is 0 Å². The molecule has 0 fully saturated rings. The third-order valence-corrected chi connectivity index (χ3v) is 1.75. The molecule has 0 saturated carbocycles. The minimum Gasteiger partial charge on any atom is -0.329 e. The predicted octanol–water partition coefficient (Wildman–Crippen LogP) is 2.28. The second-order valence-corrected chi connectivity index (χ2v) is 2.74. The van der Waals surface area contributed by atoms with Gasteiger partial charge in [0, 0.05) is 18.9 Å². The van der Waals surface area contributed by atoms with Gasteiger partial charge in [0.2, 0.25) is 0 Å². The van der Waals surface area contributed by atoms with Crippen LogP contribution >= 0.6 is 0 Å². The highest BCUT2D eigenvalue weighted by Gasteiger charge is 1.99. The van der Waals surface area contributed by atoms with E-state index in [4.69, 9.17) is 0 Å². The lowest BCUT2D eigenvalue weighted by Gasteiger charge is -1.99. The molecular formula is C10H13N3O. The van der Waals surface area contributed by atoms with Gasteiger partial charge in [0.05, 0.1) is 0 Å². The largest absolute Gasteiger partial charge is 0.329 e. The lowest BCUT2D eigenvalue weighted by atomic mass is 10.4. The molecule has 1 aromatic rings. The van der Waals surface area contributed by atoms with Crippen molar-refractivity contribution in [2.75, 3.05) is 0 Å². The molecule has 74 valence electrons. The molecule has 0 N–H and O–H groups in total. The molecule has 0 unspecified atom stereocenters. The van der Waals surface area contributed by atoms with Crippen LogP contribution in [0.15, 0.2) is 41.9 Å². The third kappa shape index (κ3) is 2.97. The van der Waals surface area contributed by atoms with E-state index < -0.39 is 0 Å². The van der Waals surface area contributed by atoms with E-state index in [2.05, 4.69) is 10.2 Å². The highest BCUT2D eigenvalue weighted by molar-refractivity contribution is 5.02. The van der Waals surface area contributed by atoms with Gasteiger partial charge in [-0.2, -0.15) is 4.91 Å². The minimum atomic E-state index is 0.129. The maximum atomic E-state index is 10.1. The zero-order valence-electron chi connectivity index (χ0n) is 8.13. The molecule has 0 atom stereocenters. The van der Waals surface area contributed by atoms with Crippen LogP contribution in [0.3, 0.4) is 0 Å². The Morgan fingerprint density at radius 3 is 3.14 bits per heavy atom. The summed E-state index contributed by atoms with van der Waals surface area (Å²) in [6.07, 6.45) is 11.4. The Morgan fingerprint density at radius 2 is 2.43 bits per heavy atom. The van der Waals surface area contributed by atoms with Crippen molar-refractivity contribution < 1.29 is 0 Å². The van der Waals surface area contributed by atoms with Crippen molar-refractivity contribution in [3.8, 4) is 0 Å². The summed E-state index contributed by atoms with van der Waals surface area (Å²) in [5.41, 5.74) is 0. The van der Waals surface area contributed by atoms with Crippen LogP contribution in [0.25, 0.3) is 0 Å². The number of nitroso groups, excluding NO2 is 1. The number of rotatable bonds is 5. The Hall–Kier alpha value is -1.71. The Kier molecular flexibility index (Phi) is 4.34. The van der Waals surface area contributed by atoms with Crippen molar-refractivity contribution in [2.45, 2.75) is 20.0 Å². The maximum Gasteiger partial charge on any atom is 0.139 e. The Bertz CT molecular complexity index is 339. The predicted molar refractivity (Wildman–Crippen MR) is 55.7 cm³/mol. The van der Waals surface area contributed by atoms with Crippen molar-refractivity contribution in [2.24, 2.45) is 5.18 Å². The topological polar surface area (TPSA) is 47.2 Å². The SMILES string of the molecule is CC=CC=CCn1ccnc1CN=O. The highest BCUT2D eigenvalue weighted by atomic mass is 16.3. The number of allylic oxidation sites excluding steroid dienone is 4. The molecule has 1 heterocycles. The van der Waals surface area contributed by atoms with Gasteiger partial charge in [-0.05, 0) is 6.92 Å². The van der Waals surface area contributed by atoms with Gasteiger partial charge in [-0.1, -0.05) is 29.5 Å². The van der Waals surface area contributed by atoms with Crippen LogP contribution in [-0.2, 0) is 13.1 Å². The molecule has 0 amide bonds. The first-order chi connectivity index (χ1) is 6.88. The van der Waals surface area contributed by atoms with E-state index in [-0.39, 0.29) is 6.54 Å². The van der Waals surface area contributed by atoms with Gasteiger partial charge in [-0.3, -0.25) is 0 Å². The quantitative estimate of drug-likeness (QED) is 0.529. The van der Waals surface area contributed by atoms with Gasteiger partial charge in [-0.15, -0.1) is 0 Å². The van der Waals surface area contributed by atoms with Crippen LogP contribution in [-0.4, -0.2) is 9.55 Å². The first kappa shape index (κ1) is 10.4. The van der Waals surface area contributed by atoms with E-state index in [1.807, 2.05) is 42.0 Å². The van der Waals surface area contributed by atoms with Crippen LogP contribution in [0.1, 0.15) is 12.7 Å². The summed E-state index contributed by atoms with van der Waals surface area (Å²) in [5.74, 6) is 0.699. The van der Waals surface area contributed by atoms with E-state index >= 15 is 0 Å².